The molecule has 1 aliphatic rings. The molecule has 0 unspecified atom stereocenters. The minimum Gasteiger partial charge on any atom is -0.508 e. The van der Waals surface area contributed by atoms with Gasteiger partial charge in [0.1, 0.15) is 17.0 Å². The Morgan fingerprint density at radius 1 is 1.31 bits per heavy atom. The van der Waals surface area contributed by atoms with Crippen molar-refractivity contribution in [3.63, 3.8) is 0 Å². The number of rotatable bonds is 2. The maximum Gasteiger partial charge on any atom is 0.235 e. The van der Waals surface area contributed by atoms with Crippen molar-refractivity contribution >= 4 is 6.08 Å². The van der Waals surface area contributed by atoms with Gasteiger partial charge in [0.25, 0.3) is 0 Å². The van der Waals surface area contributed by atoms with E-state index in [-0.39, 0.29) is 11.5 Å². The molecule has 0 aliphatic heterocycles. The molecular formula is C12H13NO3. The molecule has 0 bridgehead atoms. The smallest absolute Gasteiger partial charge is 0.235 e. The van der Waals surface area contributed by atoms with E-state index in [4.69, 9.17) is 0 Å². The first kappa shape index (κ1) is 10.7. The molecule has 1 aliphatic carbocycles. The monoisotopic (exact) mass is 219 g/mol. The fraction of sp³-hybridized carbons (Fsp3) is 0.417. The minimum atomic E-state index is -0.670. The van der Waals surface area contributed by atoms with Gasteiger partial charge in [-0.25, -0.2) is 4.79 Å². The van der Waals surface area contributed by atoms with E-state index in [1.807, 2.05) is 0 Å². The summed E-state index contributed by atoms with van der Waals surface area (Å²) in [5.41, 5.74) is 0.452. The third kappa shape index (κ3) is 1.48. The van der Waals surface area contributed by atoms with E-state index in [1.165, 1.54) is 12.1 Å². The number of phenolic OH excluding ortho intramolecular Hbond substituents is 2. The number of hydrogen-bond acceptors (Lipinski definition) is 4. The molecule has 0 atom stereocenters. The summed E-state index contributed by atoms with van der Waals surface area (Å²) in [4.78, 5) is 14.2. The van der Waals surface area contributed by atoms with Crippen LogP contribution in [-0.2, 0) is 10.3 Å². The topological polar surface area (TPSA) is 69.9 Å². The summed E-state index contributed by atoms with van der Waals surface area (Å²) < 4.78 is 0. The second kappa shape index (κ2) is 3.65. The van der Waals surface area contributed by atoms with Gasteiger partial charge in [0.15, 0.2) is 0 Å². The second-order valence-corrected chi connectivity index (χ2v) is 4.24. The van der Waals surface area contributed by atoms with Crippen LogP contribution in [0.15, 0.2) is 17.1 Å². The molecule has 4 heteroatoms. The molecule has 1 fully saturated rings. The Morgan fingerprint density at radius 2 is 2.00 bits per heavy atom. The van der Waals surface area contributed by atoms with E-state index < -0.39 is 5.54 Å². The molecule has 1 aromatic carbocycles. The molecule has 0 saturated heterocycles. The SMILES string of the molecule is Cc1cc(O)c(C2(N=C=O)CCC2)cc1O. The van der Waals surface area contributed by atoms with Crippen LogP contribution in [0.3, 0.4) is 0 Å². The van der Waals surface area contributed by atoms with Crippen molar-refractivity contribution in [2.24, 2.45) is 4.99 Å². The van der Waals surface area contributed by atoms with Gasteiger partial charge in [-0.3, -0.25) is 0 Å². The van der Waals surface area contributed by atoms with Crippen molar-refractivity contribution < 1.29 is 15.0 Å². The van der Waals surface area contributed by atoms with Crippen LogP contribution in [0.2, 0.25) is 0 Å². The van der Waals surface area contributed by atoms with Crippen LogP contribution in [0.5, 0.6) is 11.5 Å². The highest BCUT2D eigenvalue weighted by atomic mass is 16.3. The highest BCUT2D eigenvalue weighted by Gasteiger charge is 2.41. The first-order valence-corrected chi connectivity index (χ1v) is 5.21. The average molecular weight is 219 g/mol. The summed E-state index contributed by atoms with van der Waals surface area (Å²) in [7, 11) is 0. The fourth-order valence-electron chi connectivity index (χ4n) is 2.09. The van der Waals surface area contributed by atoms with Gasteiger partial charge in [0.05, 0.1) is 0 Å². The predicted octanol–water partition coefficient (Wildman–Crippen LogP) is 2.12. The molecule has 2 rings (SSSR count). The Balaban J connectivity index is 2.54. The Hall–Kier alpha value is -1.80. The third-order valence-electron chi connectivity index (χ3n) is 3.26. The Morgan fingerprint density at radius 3 is 2.50 bits per heavy atom. The molecule has 0 spiro atoms. The number of aryl methyl sites for hydroxylation is 1. The van der Waals surface area contributed by atoms with Crippen LogP contribution < -0.4 is 0 Å². The van der Waals surface area contributed by atoms with E-state index in [9.17, 15) is 15.0 Å². The first-order chi connectivity index (χ1) is 7.59. The highest BCUT2D eigenvalue weighted by Crippen LogP contribution is 2.49. The summed E-state index contributed by atoms with van der Waals surface area (Å²) in [6, 6.07) is 2.98. The fourth-order valence-corrected chi connectivity index (χ4v) is 2.09. The summed E-state index contributed by atoms with van der Waals surface area (Å²) >= 11 is 0. The van der Waals surface area contributed by atoms with E-state index in [2.05, 4.69) is 4.99 Å². The predicted molar refractivity (Wildman–Crippen MR) is 58.2 cm³/mol. The lowest BCUT2D eigenvalue weighted by molar-refractivity contribution is 0.247. The summed E-state index contributed by atoms with van der Waals surface area (Å²) in [6.45, 7) is 1.70. The number of aromatic hydroxyl groups is 2. The molecule has 0 heterocycles. The van der Waals surface area contributed by atoms with Gasteiger partial charge >= 0.3 is 0 Å². The lowest BCUT2D eigenvalue weighted by Crippen LogP contribution is -2.31. The van der Waals surface area contributed by atoms with Gasteiger partial charge in [-0.15, -0.1) is 0 Å². The van der Waals surface area contributed by atoms with E-state index >= 15 is 0 Å². The van der Waals surface area contributed by atoms with Crippen molar-refractivity contribution in [2.45, 2.75) is 31.7 Å². The van der Waals surface area contributed by atoms with Crippen molar-refractivity contribution in [1.82, 2.24) is 0 Å². The van der Waals surface area contributed by atoms with E-state index in [1.54, 1.807) is 13.0 Å². The first-order valence-electron chi connectivity index (χ1n) is 5.21. The summed E-state index contributed by atoms with van der Waals surface area (Å²) in [6.07, 6.45) is 3.92. The lowest BCUT2D eigenvalue weighted by Gasteiger charge is -2.37. The van der Waals surface area contributed by atoms with Crippen molar-refractivity contribution in [1.29, 1.82) is 0 Å². The van der Waals surface area contributed by atoms with Gasteiger partial charge in [-0.1, -0.05) is 0 Å². The molecule has 84 valence electrons. The molecule has 4 nitrogen and oxygen atoms in total. The number of phenols is 2. The van der Waals surface area contributed by atoms with Crippen LogP contribution >= 0.6 is 0 Å². The number of hydrogen-bond donors (Lipinski definition) is 2. The van der Waals surface area contributed by atoms with E-state index in [0.717, 1.165) is 6.42 Å². The number of nitrogens with zero attached hydrogens (tertiary/aromatic N) is 1. The quantitative estimate of drug-likeness (QED) is 0.454. The number of aliphatic imine (C=N–C) groups is 1. The Labute approximate surface area is 93.3 Å². The Bertz CT molecular complexity index is 471. The molecule has 16 heavy (non-hydrogen) atoms. The van der Waals surface area contributed by atoms with Crippen molar-refractivity contribution in [3.05, 3.63) is 23.3 Å². The molecule has 0 amide bonds. The number of isocyanates is 1. The lowest BCUT2D eigenvalue weighted by atomic mass is 9.72. The van der Waals surface area contributed by atoms with E-state index in [0.29, 0.717) is 24.0 Å². The summed E-state index contributed by atoms with van der Waals surface area (Å²) in [5.74, 6) is 0.189. The molecule has 0 aromatic heterocycles. The molecule has 1 aromatic rings. The van der Waals surface area contributed by atoms with Gasteiger partial charge in [-0.05, 0) is 43.9 Å². The standard InChI is InChI=1S/C12H13NO3/c1-8-5-11(16)9(6-10(8)15)12(13-7-14)3-2-4-12/h5-6,15-16H,2-4H2,1H3. The number of carbonyl (C=O) groups excluding carboxylic acids is 1. The van der Waals surface area contributed by atoms with Crippen molar-refractivity contribution in [3.8, 4) is 11.5 Å². The van der Waals surface area contributed by atoms with Crippen LogP contribution in [0, 0.1) is 6.92 Å². The van der Waals surface area contributed by atoms with Crippen LogP contribution in [-0.4, -0.2) is 16.3 Å². The molecule has 0 radical (unpaired) electrons. The van der Waals surface area contributed by atoms with Gasteiger partial charge in [0, 0.05) is 5.56 Å². The average Bonchev–Trinajstić information content (AvgIpc) is 2.18. The zero-order valence-electron chi connectivity index (χ0n) is 9.03. The molecule has 2 N–H and O–H groups in total. The second-order valence-electron chi connectivity index (χ2n) is 4.24. The molecule has 1 saturated carbocycles. The van der Waals surface area contributed by atoms with Crippen LogP contribution in [0.4, 0.5) is 0 Å². The zero-order valence-corrected chi connectivity index (χ0v) is 9.03. The number of benzene rings is 1. The minimum absolute atomic E-state index is 0.0778. The maximum atomic E-state index is 10.4. The largest absolute Gasteiger partial charge is 0.508 e. The van der Waals surface area contributed by atoms with Crippen LogP contribution in [0.25, 0.3) is 0 Å². The van der Waals surface area contributed by atoms with Gasteiger partial charge in [0.2, 0.25) is 6.08 Å². The maximum absolute atomic E-state index is 10.4. The third-order valence-corrected chi connectivity index (χ3v) is 3.26. The van der Waals surface area contributed by atoms with Crippen molar-refractivity contribution in [2.75, 3.05) is 0 Å². The Kier molecular flexibility index (Phi) is 2.44. The highest BCUT2D eigenvalue weighted by molar-refractivity contribution is 5.50. The summed E-state index contributed by atoms with van der Waals surface area (Å²) in [5, 5.41) is 19.5. The normalized spacial score (nSPS) is 17.3. The van der Waals surface area contributed by atoms with Crippen LogP contribution in [0.1, 0.15) is 30.4 Å². The molecular weight excluding hydrogens is 206 g/mol. The van der Waals surface area contributed by atoms with Gasteiger partial charge < -0.3 is 10.2 Å². The van der Waals surface area contributed by atoms with Gasteiger partial charge in [-0.2, -0.15) is 4.99 Å². The zero-order chi connectivity index (χ0) is 11.8.